The van der Waals surface area contributed by atoms with Gasteiger partial charge in [0.1, 0.15) is 17.9 Å². The number of likely N-dealkylation sites (N-methyl/N-ethyl adjacent to an activating group) is 1. The van der Waals surface area contributed by atoms with Crippen LogP contribution in [0.4, 0.5) is 14.9 Å². The van der Waals surface area contributed by atoms with Crippen molar-refractivity contribution in [2.24, 2.45) is 5.92 Å². The molecule has 29 heavy (non-hydrogen) atoms. The number of amides is 5. The maximum absolute atomic E-state index is 12.9. The van der Waals surface area contributed by atoms with Gasteiger partial charge in [-0.3, -0.25) is 19.3 Å². The fourth-order valence-corrected chi connectivity index (χ4v) is 2.93. The zero-order valence-corrected chi connectivity index (χ0v) is 17.1. The first kappa shape index (κ1) is 22.3. The molecule has 1 heterocycles. The molecule has 8 nitrogen and oxygen atoms in total. The van der Waals surface area contributed by atoms with E-state index in [0.29, 0.717) is 18.0 Å². The number of carbonyl (C=O) groups excluding carboxylic acids is 4. The molecule has 1 atom stereocenters. The number of halogens is 1. The summed E-state index contributed by atoms with van der Waals surface area (Å²) in [4.78, 5) is 51.4. The maximum Gasteiger partial charge on any atom is 0.325 e. The summed E-state index contributed by atoms with van der Waals surface area (Å²) in [7, 11) is 1.41. The number of benzene rings is 1. The molecule has 0 spiro atoms. The van der Waals surface area contributed by atoms with Crippen LogP contribution in [0.1, 0.15) is 33.6 Å². The number of urea groups is 1. The molecule has 5 amide bonds. The summed E-state index contributed by atoms with van der Waals surface area (Å²) in [5.74, 6) is -1.52. The Kier molecular flexibility index (Phi) is 6.94. The van der Waals surface area contributed by atoms with Gasteiger partial charge in [-0.15, -0.1) is 0 Å². The van der Waals surface area contributed by atoms with Gasteiger partial charge in [0.15, 0.2) is 0 Å². The number of nitrogens with one attached hydrogen (secondary N) is 2. The molecule has 1 aromatic rings. The van der Waals surface area contributed by atoms with E-state index in [1.165, 1.54) is 31.3 Å². The minimum absolute atomic E-state index is 0.273. The minimum atomic E-state index is -1.03. The topological polar surface area (TPSA) is 98.8 Å². The smallest absolute Gasteiger partial charge is 0.325 e. The second-order valence-corrected chi connectivity index (χ2v) is 7.89. The van der Waals surface area contributed by atoms with Crippen LogP contribution in [0, 0.1) is 11.7 Å². The number of imide groups is 1. The van der Waals surface area contributed by atoms with Crippen LogP contribution >= 0.6 is 0 Å². The lowest BCUT2D eigenvalue weighted by atomic mass is 9.92. The van der Waals surface area contributed by atoms with Crippen molar-refractivity contribution in [1.29, 1.82) is 0 Å². The molecule has 9 heteroatoms. The fraction of sp³-hybridized carbons (Fsp3) is 0.500. The van der Waals surface area contributed by atoms with Crippen LogP contribution in [-0.2, 0) is 14.4 Å². The Bertz CT molecular complexity index is 796. The SMILES string of the molecule is CC(C)CCC1(C)NC(=O)N(CC(=O)N(C)CC(=O)Nc2ccc(F)cc2)C1=O. The van der Waals surface area contributed by atoms with Crippen molar-refractivity contribution in [3.63, 3.8) is 0 Å². The summed E-state index contributed by atoms with van der Waals surface area (Å²) in [5, 5.41) is 5.21. The van der Waals surface area contributed by atoms with E-state index in [1.807, 2.05) is 13.8 Å². The number of hydrogen-bond acceptors (Lipinski definition) is 4. The lowest BCUT2D eigenvalue weighted by Gasteiger charge is -2.23. The van der Waals surface area contributed by atoms with Gasteiger partial charge in [0.25, 0.3) is 5.91 Å². The van der Waals surface area contributed by atoms with Crippen molar-refractivity contribution in [1.82, 2.24) is 15.1 Å². The van der Waals surface area contributed by atoms with Crippen LogP contribution in [0.25, 0.3) is 0 Å². The number of hydrogen-bond donors (Lipinski definition) is 2. The lowest BCUT2D eigenvalue weighted by molar-refractivity contribution is -0.139. The first-order valence-corrected chi connectivity index (χ1v) is 9.45. The third kappa shape index (κ3) is 5.75. The van der Waals surface area contributed by atoms with E-state index in [9.17, 15) is 23.6 Å². The average molecular weight is 406 g/mol. The van der Waals surface area contributed by atoms with E-state index in [-0.39, 0.29) is 6.54 Å². The van der Waals surface area contributed by atoms with Gasteiger partial charge >= 0.3 is 6.03 Å². The molecule has 1 aromatic carbocycles. The average Bonchev–Trinajstić information content (AvgIpc) is 2.85. The van der Waals surface area contributed by atoms with Crippen molar-refractivity contribution in [3.05, 3.63) is 30.1 Å². The molecule has 0 radical (unpaired) electrons. The Morgan fingerprint density at radius 2 is 1.86 bits per heavy atom. The molecule has 0 aliphatic carbocycles. The summed E-state index contributed by atoms with van der Waals surface area (Å²) in [6, 6.07) is 4.61. The van der Waals surface area contributed by atoms with Gasteiger partial charge in [0, 0.05) is 12.7 Å². The normalized spacial score (nSPS) is 18.8. The van der Waals surface area contributed by atoms with Crippen molar-refractivity contribution in [2.45, 2.75) is 39.2 Å². The zero-order chi connectivity index (χ0) is 21.8. The first-order valence-electron chi connectivity index (χ1n) is 9.45. The molecule has 0 bridgehead atoms. The highest BCUT2D eigenvalue weighted by Gasteiger charge is 2.48. The van der Waals surface area contributed by atoms with Crippen LogP contribution in [-0.4, -0.2) is 59.2 Å². The zero-order valence-electron chi connectivity index (χ0n) is 17.1. The molecular formula is C20H27FN4O4. The van der Waals surface area contributed by atoms with Crippen molar-refractivity contribution in [3.8, 4) is 0 Å². The predicted octanol–water partition coefficient (Wildman–Crippen LogP) is 1.97. The summed E-state index contributed by atoms with van der Waals surface area (Å²) >= 11 is 0. The van der Waals surface area contributed by atoms with E-state index in [1.54, 1.807) is 6.92 Å². The Morgan fingerprint density at radius 1 is 1.24 bits per heavy atom. The van der Waals surface area contributed by atoms with Crippen molar-refractivity contribution < 1.29 is 23.6 Å². The third-order valence-electron chi connectivity index (χ3n) is 4.79. The molecule has 1 aliphatic heterocycles. The maximum atomic E-state index is 12.9. The lowest BCUT2D eigenvalue weighted by Crippen LogP contribution is -2.46. The summed E-state index contributed by atoms with van der Waals surface area (Å²) in [5.41, 5.74) is -0.632. The molecule has 1 aliphatic rings. The summed E-state index contributed by atoms with van der Waals surface area (Å²) in [6.45, 7) is 4.99. The monoisotopic (exact) mass is 406 g/mol. The van der Waals surface area contributed by atoms with Gasteiger partial charge < -0.3 is 15.5 Å². The van der Waals surface area contributed by atoms with Gasteiger partial charge in [-0.05, 0) is 49.9 Å². The van der Waals surface area contributed by atoms with Gasteiger partial charge in [-0.1, -0.05) is 13.8 Å². The van der Waals surface area contributed by atoms with Crippen molar-refractivity contribution in [2.75, 3.05) is 25.5 Å². The van der Waals surface area contributed by atoms with E-state index < -0.39 is 41.7 Å². The molecule has 0 saturated carbocycles. The second kappa shape index (κ2) is 9.02. The second-order valence-electron chi connectivity index (χ2n) is 7.89. The Hall–Kier alpha value is -2.97. The number of anilines is 1. The Labute approximate surface area is 169 Å². The largest absolute Gasteiger partial charge is 0.335 e. The molecule has 2 rings (SSSR count). The number of rotatable bonds is 8. The number of nitrogens with zero attached hydrogens (tertiary/aromatic N) is 2. The van der Waals surface area contributed by atoms with E-state index in [0.717, 1.165) is 16.2 Å². The molecule has 158 valence electrons. The van der Waals surface area contributed by atoms with E-state index in [4.69, 9.17) is 0 Å². The highest BCUT2D eigenvalue weighted by Crippen LogP contribution is 2.24. The quantitative estimate of drug-likeness (QED) is 0.645. The van der Waals surface area contributed by atoms with Gasteiger partial charge in [0.2, 0.25) is 11.8 Å². The van der Waals surface area contributed by atoms with Crippen LogP contribution in [0.15, 0.2) is 24.3 Å². The van der Waals surface area contributed by atoms with Gasteiger partial charge in [0.05, 0.1) is 6.54 Å². The standard InChI is InChI=1S/C20H27FN4O4/c1-13(2)9-10-20(3)18(28)25(19(29)23-20)12-17(27)24(4)11-16(26)22-15-7-5-14(21)6-8-15/h5-8,13H,9-12H2,1-4H3,(H,22,26)(H,23,29). The molecule has 1 saturated heterocycles. The van der Waals surface area contributed by atoms with E-state index >= 15 is 0 Å². The predicted molar refractivity (Wildman–Crippen MR) is 105 cm³/mol. The fourth-order valence-electron chi connectivity index (χ4n) is 2.93. The Balaban J connectivity index is 1.91. The van der Waals surface area contributed by atoms with Crippen LogP contribution < -0.4 is 10.6 Å². The minimum Gasteiger partial charge on any atom is -0.335 e. The van der Waals surface area contributed by atoms with Gasteiger partial charge in [-0.2, -0.15) is 0 Å². The molecule has 2 N–H and O–H groups in total. The molecule has 1 unspecified atom stereocenters. The third-order valence-corrected chi connectivity index (χ3v) is 4.79. The number of carbonyl (C=O) groups is 4. The highest BCUT2D eigenvalue weighted by atomic mass is 19.1. The van der Waals surface area contributed by atoms with Crippen LogP contribution in [0.2, 0.25) is 0 Å². The molecular weight excluding hydrogens is 379 g/mol. The summed E-state index contributed by atoms with van der Waals surface area (Å²) < 4.78 is 12.9. The summed E-state index contributed by atoms with van der Waals surface area (Å²) in [6.07, 6.45) is 1.24. The van der Waals surface area contributed by atoms with Crippen LogP contribution in [0.5, 0.6) is 0 Å². The van der Waals surface area contributed by atoms with Crippen LogP contribution in [0.3, 0.4) is 0 Å². The Morgan fingerprint density at radius 3 is 2.45 bits per heavy atom. The molecule has 1 fully saturated rings. The molecule has 0 aromatic heterocycles. The van der Waals surface area contributed by atoms with Crippen molar-refractivity contribution >= 4 is 29.4 Å². The first-order chi connectivity index (χ1) is 13.5. The highest BCUT2D eigenvalue weighted by molar-refractivity contribution is 6.09. The van der Waals surface area contributed by atoms with Gasteiger partial charge in [-0.25, -0.2) is 9.18 Å². The van der Waals surface area contributed by atoms with E-state index in [2.05, 4.69) is 10.6 Å².